The Balaban J connectivity index is 2.61. The second kappa shape index (κ2) is 7.47. The first-order valence-corrected chi connectivity index (χ1v) is 7.47. The Labute approximate surface area is 114 Å². The number of rotatable bonds is 7. The molecule has 1 aromatic rings. The zero-order valence-corrected chi connectivity index (χ0v) is 12.5. The highest BCUT2D eigenvalue weighted by Gasteiger charge is 2.08. The smallest absolute Gasteiger partial charge is 0.163 e. The zero-order valence-electron chi connectivity index (χ0n) is 11.7. The second-order valence-corrected chi connectivity index (χ2v) is 6.19. The number of benzene rings is 1. The molecule has 0 atom stereocenters. The molecule has 18 heavy (non-hydrogen) atoms. The maximum Gasteiger partial charge on any atom is 0.163 e. The van der Waals surface area contributed by atoms with Crippen LogP contribution in [0.25, 0.3) is 0 Å². The maximum absolute atomic E-state index is 12.0. The van der Waals surface area contributed by atoms with Crippen LogP contribution in [0.15, 0.2) is 18.2 Å². The van der Waals surface area contributed by atoms with Crippen LogP contribution in [-0.2, 0) is 0 Å². The normalized spacial score (nSPS) is 10.7. The molecule has 3 heteroatoms. The van der Waals surface area contributed by atoms with E-state index in [1.165, 1.54) is 0 Å². The average molecular weight is 266 g/mol. The Bertz CT molecular complexity index is 399. The molecular formula is C15H22O2S. The van der Waals surface area contributed by atoms with E-state index in [0.717, 1.165) is 22.6 Å². The second-order valence-electron chi connectivity index (χ2n) is 4.51. The van der Waals surface area contributed by atoms with Crippen LogP contribution in [0.4, 0.5) is 0 Å². The number of Topliss-reactive ketones (excluding diaryl/α,β-unsaturated/α-hetero) is 1. The van der Waals surface area contributed by atoms with Gasteiger partial charge in [0.05, 0.1) is 6.61 Å². The van der Waals surface area contributed by atoms with Crippen LogP contribution in [0.2, 0.25) is 0 Å². The van der Waals surface area contributed by atoms with E-state index in [0.29, 0.717) is 18.3 Å². The van der Waals surface area contributed by atoms with Crippen LogP contribution in [0.5, 0.6) is 5.75 Å². The molecule has 1 rings (SSSR count). The van der Waals surface area contributed by atoms with Gasteiger partial charge in [-0.1, -0.05) is 13.8 Å². The summed E-state index contributed by atoms with van der Waals surface area (Å²) in [6, 6.07) is 5.68. The molecule has 0 unspecified atom stereocenters. The number of carbonyl (C=O) groups is 1. The number of aryl methyl sites for hydroxylation is 1. The predicted molar refractivity (Wildman–Crippen MR) is 78.9 cm³/mol. The van der Waals surface area contributed by atoms with E-state index in [2.05, 4.69) is 13.8 Å². The zero-order chi connectivity index (χ0) is 13.5. The summed E-state index contributed by atoms with van der Waals surface area (Å²) >= 11 is 1.82. The molecule has 0 N–H and O–H groups in total. The minimum atomic E-state index is 0.217. The third-order valence-corrected chi connectivity index (χ3v) is 3.68. The van der Waals surface area contributed by atoms with Crippen molar-refractivity contribution in [2.75, 3.05) is 12.4 Å². The van der Waals surface area contributed by atoms with E-state index >= 15 is 0 Å². The molecule has 0 aliphatic rings. The van der Waals surface area contributed by atoms with E-state index in [1.54, 1.807) is 0 Å². The van der Waals surface area contributed by atoms with Gasteiger partial charge in [-0.3, -0.25) is 4.79 Å². The van der Waals surface area contributed by atoms with E-state index in [-0.39, 0.29) is 5.78 Å². The lowest BCUT2D eigenvalue weighted by Crippen LogP contribution is -2.03. The van der Waals surface area contributed by atoms with Crippen molar-refractivity contribution in [3.63, 3.8) is 0 Å². The quantitative estimate of drug-likeness (QED) is 0.695. The molecule has 1 aromatic carbocycles. The van der Waals surface area contributed by atoms with Crippen molar-refractivity contribution in [1.29, 1.82) is 0 Å². The van der Waals surface area contributed by atoms with Gasteiger partial charge in [0, 0.05) is 17.7 Å². The summed E-state index contributed by atoms with van der Waals surface area (Å²) in [4.78, 5) is 12.0. The van der Waals surface area contributed by atoms with Gasteiger partial charge in [-0.2, -0.15) is 11.8 Å². The highest BCUT2D eigenvalue weighted by atomic mass is 32.2. The molecule has 0 radical (unpaired) electrons. The van der Waals surface area contributed by atoms with Crippen LogP contribution >= 0.6 is 11.8 Å². The van der Waals surface area contributed by atoms with Gasteiger partial charge in [-0.05, 0) is 42.9 Å². The van der Waals surface area contributed by atoms with Gasteiger partial charge in [0.15, 0.2) is 5.78 Å². The van der Waals surface area contributed by atoms with E-state index in [1.807, 2.05) is 43.8 Å². The lowest BCUT2D eigenvalue weighted by atomic mass is 10.1. The minimum Gasteiger partial charge on any atom is -0.494 e. The fourth-order valence-electron chi connectivity index (χ4n) is 1.67. The van der Waals surface area contributed by atoms with Gasteiger partial charge >= 0.3 is 0 Å². The van der Waals surface area contributed by atoms with E-state index < -0.39 is 0 Å². The Morgan fingerprint density at radius 3 is 2.67 bits per heavy atom. The first kappa shape index (κ1) is 15.1. The molecule has 0 aliphatic heterocycles. The van der Waals surface area contributed by atoms with Gasteiger partial charge in [0.2, 0.25) is 0 Å². The monoisotopic (exact) mass is 266 g/mol. The Hall–Kier alpha value is -0.960. The average Bonchev–Trinajstić information content (AvgIpc) is 2.31. The van der Waals surface area contributed by atoms with Crippen molar-refractivity contribution in [2.45, 2.75) is 39.4 Å². The van der Waals surface area contributed by atoms with Crippen molar-refractivity contribution >= 4 is 17.5 Å². The predicted octanol–water partition coefficient (Wildman–Crippen LogP) is 4.11. The van der Waals surface area contributed by atoms with Crippen LogP contribution in [-0.4, -0.2) is 23.4 Å². The van der Waals surface area contributed by atoms with Gasteiger partial charge in [0.1, 0.15) is 5.75 Å². The van der Waals surface area contributed by atoms with Gasteiger partial charge in [-0.25, -0.2) is 0 Å². The topological polar surface area (TPSA) is 26.3 Å². The van der Waals surface area contributed by atoms with Crippen LogP contribution in [0.3, 0.4) is 0 Å². The van der Waals surface area contributed by atoms with Crippen LogP contribution in [0.1, 0.15) is 43.1 Å². The third-order valence-electron chi connectivity index (χ3n) is 2.58. The number of ether oxygens (including phenoxy) is 1. The fourth-order valence-corrected chi connectivity index (χ4v) is 2.45. The van der Waals surface area contributed by atoms with Crippen molar-refractivity contribution in [3.05, 3.63) is 29.3 Å². The number of ketones is 1. The highest BCUT2D eigenvalue weighted by Crippen LogP contribution is 2.20. The van der Waals surface area contributed by atoms with Crippen molar-refractivity contribution in [3.8, 4) is 5.75 Å². The molecule has 0 bridgehead atoms. The Kier molecular flexibility index (Phi) is 6.27. The number of hydrogen-bond donors (Lipinski definition) is 0. The highest BCUT2D eigenvalue weighted by molar-refractivity contribution is 7.99. The van der Waals surface area contributed by atoms with E-state index in [9.17, 15) is 4.79 Å². The molecular weight excluding hydrogens is 244 g/mol. The maximum atomic E-state index is 12.0. The fraction of sp³-hybridized carbons (Fsp3) is 0.533. The van der Waals surface area contributed by atoms with E-state index in [4.69, 9.17) is 4.74 Å². The minimum absolute atomic E-state index is 0.217. The van der Waals surface area contributed by atoms with Gasteiger partial charge < -0.3 is 4.74 Å². The first-order chi connectivity index (χ1) is 8.54. The molecule has 0 fully saturated rings. The summed E-state index contributed by atoms with van der Waals surface area (Å²) in [6.45, 7) is 8.89. The lowest BCUT2D eigenvalue weighted by Gasteiger charge is -2.09. The standard InChI is InChI=1S/C15H22O2S/c1-5-17-15-7-6-13(10-12(15)4)14(16)8-9-18-11(2)3/h6-7,10-11H,5,8-9H2,1-4H3. The van der Waals surface area contributed by atoms with Crippen molar-refractivity contribution in [2.24, 2.45) is 0 Å². The summed E-state index contributed by atoms with van der Waals surface area (Å²) in [5, 5.41) is 0.583. The molecule has 0 aromatic heterocycles. The Morgan fingerprint density at radius 1 is 1.39 bits per heavy atom. The van der Waals surface area contributed by atoms with Crippen molar-refractivity contribution < 1.29 is 9.53 Å². The summed E-state index contributed by atoms with van der Waals surface area (Å²) in [5.41, 5.74) is 1.82. The molecule has 100 valence electrons. The lowest BCUT2D eigenvalue weighted by molar-refractivity contribution is 0.0989. The SMILES string of the molecule is CCOc1ccc(C(=O)CCSC(C)C)cc1C. The summed E-state index contributed by atoms with van der Waals surface area (Å²) in [6.07, 6.45) is 0.607. The molecule has 0 amide bonds. The molecule has 0 heterocycles. The molecule has 2 nitrogen and oxygen atoms in total. The van der Waals surface area contributed by atoms with Crippen LogP contribution < -0.4 is 4.74 Å². The molecule has 0 saturated carbocycles. The van der Waals surface area contributed by atoms with Gasteiger partial charge in [0.25, 0.3) is 0 Å². The number of carbonyl (C=O) groups excluding carboxylic acids is 1. The third kappa shape index (κ3) is 4.73. The molecule has 0 aliphatic carbocycles. The number of hydrogen-bond acceptors (Lipinski definition) is 3. The first-order valence-electron chi connectivity index (χ1n) is 6.42. The summed E-state index contributed by atoms with van der Waals surface area (Å²) < 4.78 is 5.47. The van der Waals surface area contributed by atoms with Crippen molar-refractivity contribution in [1.82, 2.24) is 0 Å². The summed E-state index contributed by atoms with van der Waals surface area (Å²) in [7, 11) is 0. The number of thioether (sulfide) groups is 1. The van der Waals surface area contributed by atoms with Crippen LogP contribution in [0, 0.1) is 6.92 Å². The molecule has 0 spiro atoms. The molecule has 0 saturated heterocycles. The summed E-state index contributed by atoms with van der Waals surface area (Å²) in [5.74, 6) is 1.97. The largest absolute Gasteiger partial charge is 0.494 e. The Morgan fingerprint density at radius 2 is 2.11 bits per heavy atom. The van der Waals surface area contributed by atoms with Gasteiger partial charge in [-0.15, -0.1) is 0 Å².